The number of hydrogen-bond donors (Lipinski definition) is 2. The third-order valence-corrected chi connectivity index (χ3v) is 6.11. The molecular weight excluding hydrogens is 365 g/mol. The van der Waals surface area contributed by atoms with Crippen LogP contribution in [0.5, 0.6) is 5.75 Å². The summed E-state index contributed by atoms with van der Waals surface area (Å²) in [7, 11) is 1.64. The standard InChI is InChI=1S/C20H14FN3O2S/c1-26-15-6-4-11-8-13(3-2-12(11)9-15)18-23-24-20(27-18)16-10-14(21)5-7-17(16)22-19(20)25/h2-10,24H,1H3,(H,22,25). The molecule has 7 heteroatoms. The number of benzene rings is 3. The van der Waals surface area contributed by atoms with Crippen LogP contribution in [0.3, 0.4) is 0 Å². The first-order valence-corrected chi connectivity index (χ1v) is 9.14. The summed E-state index contributed by atoms with van der Waals surface area (Å²) in [6, 6.07) is 16.1. The average molecular weight is 379 g/mol. The fraction of sp³-hybridized carbons (Fsp3) is 0.100. The molecule has 1 unspecified atom stereocenters. The van der Waals surface area contributed by atoms with Crippen molar-refractivity contribution in [1.29, 1.82) is 0 Å². The van der Waals surface area contributed by atoms with Gasteiger partial charge in [0.1, 0.15) is 16.6 Å². The SMILES string of the molecule is COc1ccc2cc(C3=NNC4(S3)C(=O)Nc3ccc(F)cc34)ccc2c1. The molecule has 2 aliphatic heterocycles. The van der Waals surface area contributed by atoms with Gasteiger partial charge in [0, 0.05) is 16.8 Å². The van der Waals surface area contributed by atoms with E-state index in [2.05, 4.69) is 15.8 Å². The maximum absolute atomic E-state index is 13.8. The van der Waals surface area contributed by atoms with Crippen molar-refractivity contribution in [3.8, 4) is 5.75 Å². The molecular formula is C20H14FN3O2S. The number of methoxy groups -OCH3 is 1. The highest BCUT2D eigenvalue weighted by Crippen LogP contribution is 2.48. The highest BCUT2D eigenvalue weighted by Gasteiger charge is 2.52. The number of hydrogen-bond acceptors (Lipinski definition) is 5. The minimum atomic E-state index is -1.14. The maximum Gasteiger partial charge on any atom is 0.267 e. The normalized spacial score (nSPS) is 20.4. The van der Waals surface area contributed by atoms with Gasteiger partial charge in [-0.1, -0.05) is 30.0 Å². The Morgan fingerprint density at radius 3 is 2.74 bits per heavy atom. The van der Waals surface area contributed by atoms with E-state index < -0.39 is 4.87 Å². The molecule has 0 fully saturated rings. The second-order valence-electron chi connectivity index (χ2n) is 6.38. The highest BCUT2D eigenvalue weighted by atomic mass is 32.2. The van der Waals surface area contributed by atoms with Crippen LogP contribution in [-0.4, -0.2) is 18.1 Å². The number of carbonyl (C=O) groups is 1. The molecule has 134 valence electrons. The zero-order valence-electron chi connectivity index (χ0n) is 14.2. The largest absolute Gasteiger partial charge is 0.497 e. The Morgan fingerprint density at radius 1 is 1.07 bits per heavy atom. The fourth-order valence-electron chi connectivity index (χ4n) is 3.39. The topological polar surface area (TPSA) is 62.7 Å². The fourth-order valence-corrected chi connectivity index (χ4v) is 4.53. The average Bonchev–Trinajstić information content (AvgIpc) is 3.25. The van der Waals surface area contributed by atoms with Crippen molar-refractivity contribution in [1.82, 2.24) is 5.43 Å². The van der Waals surface area contributed by atoms with Crippen molar-refractivity contribution in [2.24, 2.45) is 5.10 Å². The van der Waals surface area contributed by atoms with Gasteiger partial charge in [0.2, 0.25) is 4.87 Å². The highest BCUT2D eigenvalue weighted by molar-refractivity contribution is 8.16. The summed E-state index contributed by atoms with van der Waals surface area (Å²) in [4.78, 5) is 11.5. The Hall–Kier alpha value is -3.06. The number of ether oxygens (including phenoxy) is 1. The van der Waals surface area contributed by atoms with Crippen molar-refractivity contribution in [3.63, 3.8) is 0 Å². The van der Waals surface area contributed by atoms with Crippen LogP contribution in [0.4, 0.5) is 10.1 Å². The predicted molar refractivity (Wildman–Crippen MR) is 104 cm³/mol. The van der Waals surface area contributed by atoms with E-state index in [1.54, 1.807) is 13.2 Å². The van der Waals surface area contributed by atoms with Crippen LogP contribution >= 0.6 is 11.8 Å². The molecule has 2 heterocycles. The zero-order chi connectivity index (χ0) is 18.6. The lowest BCUT2D eigenvalue weighted by atomic mass is 10.1. The monoisotopic (exact) mass is 379 g/mol. The van der Waals surface area contributed by atoms with Gasteiger partial charge < -0.3 is 10.1 Å². The van der Waals surface area contributed by atoms with Crippen molar-refractivity contribution < 1.29 is 13.9 Å². The third-order valence-electron chi connectivity index (χ3n) is 4.79. The molecule has 0 saturated carbocycles. The van der Waals surface area contributed by atoms with Gasteiger partial charge in [0.15, 0.2) is 0 Å². The number of anilines is 1. The summed E-state index contributed by atoms with van der Waals surface area (Å²) in [5, 5.41) is 9.95. The molecule has 1 amide bonds. The quantitative estimate of drug-likeness (QED) is 0.711. The predicted octanol–water partition coefficient (Wildman–Crippen LogP) is 3.79. The zero-order valence-corrected chi connectivity index (χ0v) is 15.1. The molecule has 0 aliphatic carbocycles. The molecule has 5 nitrogen and oxygen atoms in total. The second kappa shape index (κ2) is 5.72. The number of rotatable bonds is 2. The van der Waals surface area contributed by atoms with Crippen LogP contribution in [0.15, 0.2) is 59.7 Å². The van der Waals surface area contributed by atoms with Gasteiger partial charge in [0.05, 0.1) is 7.11 Å². The molecule has 1 atom stereocenters. The van der Waals surface area contributed by atoms with E-state index in [4.69, 9.17) is 4.74 Å². The first-order valence-electron chi connectivity index (χ1n) is 8.33. The Bertz CT molecular complexity index is 1150. The number of amides is 1. The Morgan fingerprint density at radius 2 is 1.89 bits per heavy atom. The minimum absolute atomic E-state index is 0.252. The van der Waals surface area contributed by atoms with Crippen LogP contribution < -0.4 is 15.5 Å². The Balaban J connectivity index is 1.52. The summed E-state index contributed by atoms with van der Waals surface area (Å²) in [6.07, 6.45) is 0. The lowest BCUT2D eigenvalue weighted by Gasteiger charge is -2.19. The molecule has 0 radical (unpaired) electrons. The molecule has 2 aliphatic rings. The maximum atomic E-state index is 13.8. The van der Waals surface area contributed by atoms with Gasteiger partial charge >= 0.3 is 0 Å². The third kappa shape index (κ3) is 2.39. The van der Waals surface area contributed by atoms with Gasteiger partial charge in [-0.3, -0.25) is 10.2 Å². The number of thioether (sulfide) groups is 1. The van der Waals surface area contributed by atoms with Crippen LogP contribution in [0.2, 0.25) is 0 Å². The molecule has 3 aromatic rings. The summed E-state index contributed by atoms with van der Waals surface area (Å²) in [6.45, 7) is 0. The van der Waals surface area contributed by atoms with Crippen molar-refractivity contribution in [2.75, 3.05) is 12.4 Å². The van der Waals surface area contributed by atoms with Crippen LogP contribution in [-0.2, 0) is 9.67 Å². The number of nitrogens with zero attached hydrogens (tertiary/aromatic N) is 1. The summed E-state index contributed by atoms with van der Waals surface area (Å²) in [5.41, 5.74) is 4.98. The van der Waals surface area contributed by atoms with Gasteiger partial charge in [-0.05, 0) is 47.2 Å². The van der Waals surface area contributed by atoms with Crippen LogP contribution in [0.25, 0.3) is 10.8 Å². The van der Waals surface area contributed by atoms with E-state index in [0.717, 1.165) is 22.1 Å². The van der Waals surface area contributed by atoms with Gasteiger partial charge in [-0.15, -0.1) is 0 Å². The molecule has 1 spiro atoms. The van der Waals surface area contributed by atoms with Crippen LogP contribution in [0, 0.1) is 5.82 Å². The van der Waals surface area contributed by atoms with Crippen molar-refractivity contribution in [3.05, 3.63) is 71.5 Å². The molecule has 2 N–H and O–H groups in total. The summed E-state index contributed by atoms with van der Waals surface area (Å²) >= 11 is 1.28. The van der Waals surface area contributed by atoms with Crippen molar-refractivity contribution in [2.45, 2.75) is 4.87 Å². The number of nitrogens with one attached hydrogen (secondary N) is 2. The van der Waals surface area contributed by atoms with Gasteiger partial charge in [-0.25, -0.2) is 4.39 Å². The summed E-state index contributed by atoms with van der Waals surface area (Å²) in [5.74, 6) is 0.155. The van der Waals surface area contributed by atoms with E-state index in [9.17, 15) is 9.18 Å². The minimum Gasteiger partial charge on any atom is -0.497 e. The molecule has 0 aromatic heterocycles. The number of carbonyl (C=O) groups excluding carboxylic acids is 1. The molecule has 0 saturated heterocycles. The molecule has 27 heavy (non-hydrogen) atoms. The molecule has 3 aromatic carbocycles. The van der Waals surface area contributed by atoms with Crippen LogP contribution in [0.1, 0.15) is 11.1 Å². The lowest BCUT2D eigenvalue weighted by Crippen LogP contribution is -2.39. The number of hydrazone groups is 1. The van der Waals surface area contributed by atoms with Gasteiger partial charge in [-0.2, -0.15) is 5.10 Å². The van der Waals surface area contributed by atoms with E-state index in [0.29, 0.717) is 16.3 Å². The summed E-state index contributed by atoms with van der Waals surface area (Å²) < 4.78 is 19.0. The van der Waals surface area contributed by atoms with Crippen molar-refractivity contribution >= 4 is 39.2 Å². The van der Waals surface area contributed by atoms with E-state index in [1.807, 2.05) is 36.4 Å². The lowest BCUT2D eigenvalue weighted by molar-refractivity contribution is -0.118. The molecule has 5 rings (SSSR count). The number of fused-ring (bicyclic) bond motifs is 3. The van der Waals surface area contributed by atoms with E-state index in [-0.39, 0.29) is 11.7 Å². The number of halogens is 1. The first-order chi connectivity index (χ1) is 13.1. The van der Waals surface area contributed by atoms with E-state index in [1.165, 1.54) is 23.9 Å². The second-order valence-corrected chi connectivity index (χ2v) is 7.59. The Labute approximate surface area is 158 Å². The van der Waals surface area contributed by atoms with Gasteiger partial charge in [0.25, 0.3) is 5.91 Å². The molecule has 0 bridgehead atoms. The first kappa shape index (κ1) is 16.1. The van der Waals surface area contributed by atoms with E-state index >= 15 is 0 Å². The smallest absolute Gasteiger partial charge is 0.267 e. The Kier molecular flexibility index (Phi) is 3.42.